The highest BCUT2D eigenvalue weighted by Gasteiger charge is 2.20. The summed E-state index contributed by atoms with van der Waals surface area (Å²) in [6.07, 6.45) is 1.61. The number of benzene rings is 1. The molecule has 0 bridgehead atoms. The molecular formula is C13H18N4O3S. The molecule has 0 amide bonds. The van der Waals surface area contributed by atoms with Crippen LogP contribution in [-0.4, -0.2) is 24.8 Å². The molecule has 0 aliphatic heterocycles. The van der Waals surface area contributed by atoms with E-state index in [1.54, 1.807) is 43.0 Å². The van der Waals surface area contributed by atoms with Gasteiger partial charge in [0.2, 0.25) is 10.0 Å². The molecule has 2 aromatic rings. The maximum absolute atomic E-state index is 12.4. The summed E-state index contributed by atoms with van der Waals surface area (Å²) in [5.41, 5.74) is 6.78. The van der Waals surface area contributed by atoms with Gasteiger partial charge in [-0.2, -0.15) is 5.10 Å². The molecule has 1 aromatic heterocycles. The topological polar surface area (TPSA) is 99.2 Å². The Morgan fingerprint density at radius 2 is 2.14 bits per heavy atom. The van der Waals surface area contributed by atoms with Crippen molar-refractivity contribution < 1.29 is 13.2 Å². The van der Waals surface area contributed by atoms with Crippen molar-refractivity contribution in [3.05, 3.63) is 36.2 Å². The molecule has 0 saturated carbocycles. The van der Waals surface area contributed by atoms with Crippen LogP contribution >= 0.6 is 0 Å². The molecule has 1 heterocycles. The molecule has 0 spiro atoms. The highest BCUT2D eigenvalue weighted by molar-refractivity contribution is 7.89. The zero-order chi connectivity index (χ0) is 15.5. The van der Waals surface area contributed by atoms with Crippen LogP contribution in [0.2, 0.25) is 0 Å². The van der Waals surface area contributed by atoms with Gasteiger partial charge in [0.25, 0.3) is 0 Å². The first-order chi connectivity index (χ1) is 9.94. The molecule has 114 valence electrons. The van der Waals surface area contributed by atoms with Crippen LogP contribution in [0.4, 0.5) is 5.69 Å². The Hall–Kier alpha value is -2.06. The standard InChI is InChI=1S/C13H18N4O3S/c1-3-20-12-5-4-10(14)8-13(12)21(18,19)16-9-11-6-7-15-17(11)2/h4-8,16H,3,9,14H2,1-2H3. The summed E-state index contributed by atoms with van der Waals surface area (Å²) in [6.45, 7) is 2.29. The van der Waals surface area contributed by atoms with Crippen LogP contribution in [0.15, 0.2) is 35.4 Å². The van der Waals surface area contributed by atoms with Crippen LogP contribution in [0.5, 0.6) is 5.75 Å². The zero-order valence-corrected chi connectivity index (χ0v) is 12.7. The number of nitrogens with one attached hydrogen (secondary N) is 1. The van der Waals surface area contributed by atoms with E-state index in [9.17, 15) is 8.42 Å². The van der Waals surface area contributed by atoms with E-state index in [2.05, 4.69) is 9.82 Å². The average molecular weight is 310 g/mol. The zero-order valence-electron chi connectivity index (χ0n) is 11.9. The SMILES string of the molecule is CCOc1ccc(N)cc1S(=O)(=O)NCc1ccnn1C. The van der Waals surface area contributed by atoms with Crippen molar-refractivity contribution >= 4 is 15.7 Å². The van der Waals surface area contributed by atoms with Crippen molar-refractivity contribution in [2.24, 2.45) is 7.05 Å². The molecule has 1 aromatic carbocycles. The number of hydrogen-bond acceptors (Lipinski definition) is 5. The van der Waals surface area contributed by atoms with Gasteiger partial charge in [-0.3, -0.25) is 4.68 Å². The lowest BCUT2D eigenvalue weighted by atomic mass is 10.3. The minimum Gasteiger partial charge on any atom is -0.492 e. The fourth-order valence-corrected chi connectivity index (χ4v) is 3.01. The van der Waals surface area contributed by atoms with Crippen LogP contribution in [0.1, 0.15) is 12.6 Å². The van der Waals surface area contributed by atoms with Gasteiger partial charge < -0.3 is 10.5 Å². The van der Waals surface area contributed by atoms with E-state index in [-0.39, 0.29) is 17.2 Å². The molecule has 0 atom stereocenters. The molecular weight excluding hydrogens is 292 g/mol. The summed E-state index contributed by atoms with van der Waals surface area (Å²) in [5.74, 6) is 0.282. The second-order valence-corrected chi connectivity index (χ2v) is 6.15. The van der Waals surface area contributed by atoms with E-state index < -0.39 is 10.0 Å². The van der Waals surface area contributed by atoms with E-state index in [1.807, 2.05) is 0 Å². The van der Waals surface area contributed by atoms with Crippen LogP contribution in [0.25, 0.3) is 0 Å². The second kappa shape index (κ2) is 6.15. The maximum atomic E-state index is 12.4. The van der Waals surface area contributed by atoms with Crippen molar-refractivity contribution in [3.63, 3.8) is 0 Å². The first-order valence-electron chi connectivity index (χ1n) is 6.43. The summed E-state index contributed by atoms with van der Waals surface area (Å²) in [4.78, 5) is 0.0338. The fraction of sp³-hybridized carbons (Fsp3) is 0.308. The summed E-state index contributed by atoms with van der Waals surface area (Å²) < 4.78 is 34.3. The third kappa shape index (κ3) is 3.53. The Morgan fingerprint density at radius 1 is 1.38 bits per heavy atom. The number of anilines is 1. The van der Waals surface area contributed by atoms with Gasteiger partial charge >= 0.3 is 0 Å². The Morgan fingerprint density at radius 3 is 2.76 bits per heavy atom. The Balaban J connectivity index is 2.26. The lowest BCUT2D eigenvalue weighted by Gasteiger charge is -2.12. The van der Waals surface area contributed by atoms with Crippen molar-refractivity contribution in [2.45, 2.75) is 18.4 Å². The first-order valence-corrected chi connectivity index (χ1v) is 7.91. The van der Waals surface area contributed by atoms with Gasteiger partial charge in [0.1, 0.15) is 10.6 Å². The molecule has 7 nitrogen and oxygen atoms in total. The van der Waals surface area contributed by atoms with Gasteiger partial charge in [-0.05, 0) is 31.2 Å². The predicted octanol–water partition coefficient (Wildman–Crippen LogP) is 0.879. The first kappa shape index (κ1) is 15.3. The summed E-state index contributed by atoms with van der Waals surface area (Å²) in [7, 11) is -1.98. The highest BCUT2D eigenvalue weighted by atomic mass is 32.2. The summed E-state index contributed by atoms with van der Waals surface area (Å²) in [5, 5.41) is 3.99. The number of hydrogen-bond donors (Lipinski definition) is 2. The summed E-state index contributed by atoms with van der Waals surface area (Å²) >= 11 is 0. The van der Waals surface area contributed by atoms with Crippen LogP contribution in [-0.2, 0) is 23.6 Å². The monoisotopic (exact) mass is 310 g/mol. The van der Waals surface area contributed by atoms with Crippen LogP contribution in [0, 0.1) is 0 Å². The maximum Gasteiger partial charge on any atom is 0.244 e. The number of rotatable bonds is 6. The fourth-order valence-electron chi connectivity index (χ4n) is 1.83. The second-order valence-electron chi connectivity index (χ2n) is 4.41. The van der Waals surface area contributed by atoms with Gasteiger partial charge in [-0.25, -0.2) is 13.1 Å². The van der Waals surface area contributed by atoms with Crippen molar-refractivity contribution in [1.82, 2.24) is 14.5 Å². The molecule has 0 unspecified atom stereocenters. The third-order valence-corrected chi connectivity index (χ3v) is 4.35. The van der Waals surface area contributed by atoms with Crippen molar-refractivity contribution in [1.29, 1.82) is 0 Å². The van der Waals surface area contributed by atoms with Gasteiger partial charge in [-0.1, -0.05) is 0 Å². The van der Waals surface area contributed by atoms with Gasteiger partial charge in [0.15, 0.2) is 0 Å². The number of nitrogen functional groups attached to an aromatic ring is 1. The normalized spacial score (nSPS) is 11.5. The van der Waals surface area contributed by atoms with E-state index >= 15 is 0 Å². The molecule has 0 aliphatic rings. The van der Waals surface area contributed by atoms with E-state index in [0.717, 1.165) is 5.69 Å². The molecule has 21 heavy (non-hydrogen) atoms. The number of sulfonamides is 1. The highest BCUT2D eigenvalue weighted by Crippen LogP contribution is 2.26. The van der Waals surface area contributed by atoms with Crippen LogP contribution < -0.4 is 15.2 Å². The smallest absolute Gasteiger partial charge is 0.244 e. The lowest BCUT2D eigenvalue weighted by molar-refractivity contribution is 0.331. The molecule has 0 saturated heterocycles. The van der Waals surface area contributed by atoms with E-state index in [0.29, 0.717) is 12.3 Å². The molecule has 2 rings (SSSR count). The Kier molecular flexibility index (Phi) is 4.49. The van der Waals surface area contributed by atoms with Crippen LogP contribution in [0.3, 0.4) is 0 Å². The quantitative estimate of drug-likeness (QED) is 0.772. The molecule has 0 fully saturated rings. The van der Waals surface area contributed by atoms with Gasteiger partial charge in [0.05, 0.1) is 18.8 Å². The summed E-state index contributed by atoms with van der Waals surface area (Å²) in [6, 6.07) is 6.28. The molecule has 3 N–H and O–H groups in total. The van der Waals surface area contributed by atoms with Crippen molar-refractivity contribution in [2.75, 3.05) is 12.3 Å². The van der Waals surface area contributed by atoms with Gasteiger partial charge in [0, 0.05) is 18.9 Å². The van der Waals surface area contributed by atoms with E-state index in [4.69, 9.17) is 10.5 Å². The minimum atomic E-state index is -3.72. The van der Waals surface area contributed by atoms with E-state index in [1.165, 1.54) is 6.07 Å². The third-order valence-electron chi connectivity index (χ3n) is 2.92. The minimum absolute atomic E-state index is 0.0338. The molecule has 0 radical (unpaired) electrons. The molecule has 8 heteroatoms. The largest absolute Gasteiger partial charge is 0.492 e. The Labute approximate surface area is 123 Å². The number of aryl methyl sites for hydroxylation is 1. The Bertz CT molecular complexity index is 725. The number of nitrogens with zero attached hydrogens (tertiary/aromatic N) is 2. The van der Waals surface area contributed by atoms with Gasteiger partial charge in [-0.15, -0.1) is 0 Å². The lowest BCUT2D eigenvalue weighted by Crippen LogP contribution is -2.25. The molecule has 0 aliphatic carbocycles. The number of ether oxygens (including phenoxy) is 1. The number of nitrogens with two attached hydrogens (primary N) is 1. The average Bonchev–Trinajstić information content (AvgIpc) is 2.84. The predicted molar refractivity (Wildman–Crippen MR) is 79.3 cm³/mol. The van der Waals surface area contributed by atoms with Crippen molar-refractivity contribution in [3.8, 4) is 5.75 Å². The number of aromatic nitrogens is 2.